The first-order valence-electron chi connectivity index (χ1n) is 6.92. The number of hydrogen-bond acceptors (Lipinski definition) is 3. The molecule has 6 heteroatoms. The Morgan fingerprint density at radius 3 is 2.62 bits per heavy atom. The van der Waals surface area contributed by atoms with E-state index in [1.165, 1.54) is 0 Å². The molecule has 0 spiro atoms. The maximum atomic E-state index is 12.1. The Morgan fingerprint density at radius 1 is 1.33 bits per heavy atom. The van der Waals surface area contributed by atoms with Crippen LogP contribution >= 0.6 is 15.9 Å². The van der Waals surface area contributed by atoms with Gasteiger partial charge < -0.3 is 14.8 Å². The number of nitrogens with one attached hydrogen (secondary N) is 1. The molecule has 1 N–H and O–H groups in total. The summed E-state index contributed by atoms with van der Waals surface area (Å²) in [5.74, 6) is 0.788. The maximum Gasteiger partial charge on any atom is 0.261 e. The second-order valence-electron chi connectivity index (χ2n) is 4.71. The molecule has 1 unspecified atom stereocenters. The Kier molecular flexibility index (Phi) is 8.14. The van der Waals surface area contributed by atoms with E-state index in [0.29, 0.717) is 6.42 Å². The van der Waals surface area contributed by atoms with Crippen molar-refractivity contribution in [3.05, 3.63) is 27.7 Å². The van der Waals surface area contributed by atoms with Crippen molar-refractivity contribution in [3.8, 4) is 5.75 Å². The van der Waals surface area contributed by atoms with E-state index in [0.717, 1.165) is 27.9 Å². The molecule has 0 fully saturated rings. The smallest absolute Gasteiger partial charge is 0.261 e. The predicted octanol–water partition coefficient (Wildman–Crippen LogP) is 4.09. The van der Waals surface area contributed by atoms with Crippen LogP contribution in [0.3, 0.4) is 0 Å². The van der Waals surface area contributed by atoms with Crippen LogP contribution in [-0.2, 0) is 4.74 Å². The highest BCUT2D eigenvalue weighted by atomic mass is 79.9. The fourth-order valence-electron chi connectivity index (χ4n) is 2.11. The van der Waals surface area contributed by atoms with Gasteiger partial charge in [-0.2, -0.15) is 0 Å². The molecule has 0 saturated carbocycles. The first-order valence-corrected chi connectivity index (χ1v) is 7.72. The number of ether oxygens (including phenoxy) is 2. The Balaban J connectivity index is 2.81. The largest absolute Gasteiger partial charge is 0.496 e. The zero-order valence-corrected chi connectivity index (χ0v) is 14.2. The molecular formula is C15H22BrF2NO2. The van der Waals surface area contributed by atoms with Gasteiger partial charge in [-0.15, -0.1) is 0 Å². The van der Waals surface area contributed by atoms with Crippen LogP contribution < -0.4 is 10.1 Å². The summed E-state index contributed by atoms with van der Waals surface area (Å²) in [6.07, 6.45) is -1.82. The highest BCUT2D eigenvalue weighted by Crippen LogP contribution is 2.32. The van der Waals surface area contributed by atoms with Crippen molar-refractivity contribution < 1.29 is 18.3 Å². The van der Waals surface area contributed by atoms with Gasteiger partial charge >= 0.3 is 0 Å². The molecule has 3 nitrogen and oxygen atoms in total. The third-order valence-electron chi connectivity index (χ3n) is 3.13. The maximum absolute atomic E-state index is 12.1. The molecule has 0 saturated heterocycles. The van der Waals surface area contributed by atoms with Crippen LogP contribution in [0.15, 0.2) is 16.6 Å². The summed E-state index contributed by atoms with van der Waals surface area (Å²) in [5.41, 5.74) is 2.08. The first kappa shape index (κ1) is 18.3. The first-order chi connectivity index (χ1) is 9.99. The topological polar surface area (TPSA) is 30.5 Å². The number of halogens is 3. The molecule has 0 aliphatic heterocycles. The van der Waals surface area contributed by atoms with Crippen LogP contribution in [0.4, 0.5) is 8.78 Å². The van der Waals surface area contributed by atoms with E-state index in [4.69, 9.17) is 9.47 Å². The predicted molar refractivity (Wildman–Crippen MR) is 83.3 cm³/mol. The van der Waals surface area contributed by atoms with Crippen LogP contribution in [0.25, 0.3) is 0 Å². The van der Waals surface area contributed by atoms with Crippen LogP contribution in [-0.4, -0.2) is 33.3 Å². The fourth-order valence-corrected chi connectivity index (χ4v) is 2.47. The van der Waals surface area contributed by atoms with Gasteiger partial charge in [-0.3, -0.25) is 0 Å². The minimum atomic E-state index is -2.43. The third kappa shape index (κ3) is 5.88. The zero-order valence-electron chi connectivity index (χ0n) is 12.6. The Bertz CT molecular complexity index is 444. The molecule has 1 atom stereocenters. The molecule has 1 aromatic carbocycles. The highest BCUT2D eigenvalue weighted by molar-refractivity contribution is 9.10. The van der Waals surface area contributed by atoms with Crippen molar-refractivity contribution in [1.29, 1.82) is 0 Å². The number of rotatable bonds is 9. The second kappa shape index (κ2) is 9.33. The number of aryl methyl sites for hydroxylation is 1. The van der Waals surface area contributed by atoms with Gasteiger partial charge in [0, 0.05) is 22.7 Å². The van der Waals surface area contributed by atoms with Crippen molar-refractivity contribution in [2.45, 2.75) is 32.7 Å². The summed E-state index contributed by atoms with van der Waals surface area (Å²) in [6.45, 7) is 4.52. The van der Waals surface area contributed by atoms with Gasteiger partial charge in [0.15, 0.2) is 0 Å². The van der Waals surface area contributed by atoms with E-state index in [2.05, 4.69) is 21.2 Å². The van der Waals surface area contributed by atoms with E-state index >= 15 is 0 Å². The van der Waals surface area contributed by atoms with Crippen molar-refractivity contribution >= 4 is 15.9 Å². The summed E-state index contributed by atoms with van der Waals surface area (Å²) in [5, 5.41) is 3.34. The van der Waals surface area contributed by atoms with Gasteiger partial charge in [0.1, 0.15) is 12.4 Å². The van der Waals surface area contributed by atoms with Gasteiger partial charge in [-0.1, -0.05) is 22.9 Å². The van der Waals surface area contributed by atoms with E-state index in [1.807, 2.05) is 26.0 Å². The number of methoxy groups -OCH3 is 1. The van der Waals surface area contributed by atoms with Gasteiger partial charge in [-0.25, -0.2) is 8.78 Å². The van der Waals surface area contributed by atoms with Crippen LogP contribution in [0.1, 0.15) is 30.5 Å². The van der Waals surface area contributed by atoms with Crippen LogP contribution in [0, 0.1) is 6.92 Å². The average Bonchev–Trinajstić information content (AvgIpc) is 2.44. The summed E-state index contributed by atoms with van der Waals surface area (Å²) in [7, 11) is 1.63. The fraction of sp³-hybridized carbons (Fsp3) is 0.600. The van der Waals surface area contributed by atoms with Gasteiger partial charge in [0.2, 0.25) is 0 Å². The molecule has 0 aliphatic rings. The molecular weight excluding hydrogens is 344 g/mol. The highest BCUT2D eigenvalue weighted by Gasteiger charge is 2.17. The number of alkyl halides is 2. The Hall–Kier alpha value is -0.720. The standard InChI is InChI=1S/C15H22BrF2NO2/c1-4-19-13(5-6-21-9-15(17)18)11-8-12(16)10(2)7-14(11)20-3/h7-8,13,15,19H,4-6,9H2,1-3H3. The summed E-state index contributed by atoms with van der Waals surface area (Å²) in [6, 6.07) is 3.97. The molecule has 0 radical (unpaired) electrons. The molecule has 1 rings (SSSR count). The monoisotopic (exact) mass is 365 g/mol. The molecule has 0 heterocycles. The molecule has 0 bridgehead atoms. The van der Waals surface area contributed by atoms with Crippen LogP contribution in [0.2, 0.25) is 0 Å². The molecule has 1 aromatic rings. The van der Waals surface area contributed by atoms with Crippen molar-refractivity contribution in [2.75, 3.05) is 26.9 Å². The SMILES string of the molecule is CCNC(CCOCC(F)F)c1cc(Br)c(C)cc1OC. The lowest BCUT2D eigenvalue weighted by Gasteiger charge is -2.22. The number of benzene rings is 1. The van der Waals surface area contributed by atoms with Gasteiger partial charge in [0.05, 0.1) is 7.11 Å². The lowest BCUT2D eigenvalue weighted by atomic mass is 10.0. The van der Waals surface area contributed by atoms with Crippen LogP contribution in [0.5, 0.6) is 5.75 Å². The lowest BCUT2D eigenvalue weighted by molar-refractivity contribution is 0.0143. The number of hydrogen-bond donors (Lipinski definition) is 1. The van der Waals surface area contributed by atoms with Crippen molar-refractivity contribution in [3.63, 3.8) is 0 Å². The molecule has 0 amide bonds. The Morgan fingerprint density at radius 2 is 2.05 bits per heavy atom. The quantitative estimate of drug-likeness (QED) is 0.668. The second-order valence-corrected chi connectivity index (χ2v) is 5.56. The zero-order chi connectivity index (χ0) is 15.8. The molecule has 0 aromatic heterocycles. The molecule has 120 valence electrons. The van der Waals surface area contributed by atoms with E-state index in [1.54, 1.807) is 7.11 Å². The van der Waals surface area contributed by atoms with E-state index in [9.17, 15) is 8.78 Å². The van der Waals surface area contributed by atoms with Crippen molar-refractivity contribution in [1.82, 2.24) is 5.32 Å². The third-order valence-corrected chi connectivity index (χ3v) is 3.99. The van der Waals surface area contributed by atoms with Gasteiger partial charge in [0.25, 0.3) is 6.43 Å². The van der Waals surface area contributed by atoms with Gasteiger partial charge in [-0.05, 0) is 37.6 Å². The minimum Gasteiger partial charge on any atom is -0.496 e. The average molecular weight is 366 g/mol. The van der Waals surface area contributed by atoms with E-state index in [-0.39, 0.29) is 12.6 Å². The normalized spacial score (nSPS) is 12.7. The van der Waals surface area contributed by atoms with E-state index < -0.39 is 13.0 Å². The lowest BCUT2D eigenvalue weighted by Crippen LogP contribution is -2.23. The summed E-state index contributed by atoms with van der Waals surface area (Å²) < 4.78 is 35.6. The summed E-state index contributed by atoms with van der Waals surface area (Å²) >= 11 is 3.52. The van der Waals surface area contributed by atoms with Crippen molar-refractivity contribution in [2.24, 2.45) is 0 Å². The molecule has 21 heavy (non-hydrogen) atoms. The Labute approximate surface area is 133 Å². The summed E-state index contributed by atoms with van der Waals surface area (Å²) in [4.78, 5) is 0. The molecule has 0 aliphatic carbocycles. The minimum absolute atomic E-state index is 0.000442.